The lowest BCUT2D eigenvalue weighted by atomic mass is 9.79. The number of nitrogens with one attached hydrogen (secondary N) is 1. The number of esters is 2. The Labute approximate surface area is 173 Å². The van der Waals surface area contributed by atoms with Gasteiger partial charge in [0.25, 0.3) is 5.69 Å². The number of allylic oxidation sites excluding steroid dienone is 2. The van der Waals surface area contributed by atoms with Gasteiger partial charge in [-0.05, 0) is 26.7 Å². The normalized spacial score (nSPS) is 21.3. The molecule has 1 N–H and O–H groups in total. The number of ether oxygens (including phenoxy) is 3. The summed E-state index contributed by atoms with van der Waals surface area (Å²) in [7, 11) is 1.22. The Bertz CT molecular complexity index is 929. The number of carbonyl (C=O) groups excluding carboxylic acids is 2. The van der Waals surface area contributed by atoms with Crippen LogP contribution in [0, 0.1) is 10.1 Å². The van der Waals surface area contributed by atoms with Crippen molar-refractivity contribution in [3.8, 4) is 0 Å². The molecular formula is C21H24N2O7. The van der Waals surface area contributed by atoms with Gasteiger partial charge in [0, 0.05) is 29.6 Å². The van der Waals surface area contributed by atoms with Crippen LogP contribution >= 0.6 is 0 Å². The molecule has 0 saturated carbocycles. The first-order valence-corrected chi connectivity index (χ1v) is 9.64. The minimum atomic E-state index is -1.00. The molecule has 0 amide bonds. The Hall–Kier alpha value is -3.20. The molecule has 0 aliphatic carbocycles. The minimum Gasteiger partial charge on any atom is -0.466 e. The summed E-state index contributed by atoms with van der Waals surface area (Å²) in [6.45, 7) is 4.03. The second-order valence-electron chi connectivity index (χ2n) is 7.18. The molecule has 1 aromatic rings. The fraction of sp³-hybridized carbons (Fsp3) is 0.429. The van der Waals surface area contributed by atoms with Gasteiger partial charge in [-0.25, -0.2) is 9.59 Å². The highest BCUT2D eigenvalue weighted by Crippen LogP contribution is 2.42. The Kier molecular flexibility index (Phi) is 6.51. The van der Waals surface area contributed by atoms with Crippen molar-refractivity contribution in [1.29, 1.82) is 0 Å². The minimum absolute atomic E-state index is 0.0788. The summed E-state index contributed by atoms with van der Waals surface area (Å²) in [5.41, 5.74) is 1.19. The van der Waals surface area contributed by atoms with E-state index < -0.39 is 22.8 Å². The van der Waals surface area contributed by atoms with Crippen molar-refractivity contribution < 1.29 is 28.7 Å². The third-order valence-electron chi connectivity index (χ3n) is 5.25. The number of para-hydroxylation sites is 1. The fourth-order valence-corrected chi connectivity index (χ4v) is 3.88. The number of nitro groups is 1. The molecule has 0 aromatic heterocycles. The van der Waals surface area contributed by atoms with Crippen LogP contribution in [0.5, 0.6) is 0 Å². The van der Waals surface area contributed by atoms with E-state index in [1.165, 1.54) is 25.3 Å². The molecule has 2 aliphatic heterocycles. The van der Waals surface area contributed by atoms with Crippen LogP contribution in [0.15, 0.2) is 46.8 Å². The van der Waals surface area contributed by atoms with E-state index in [4.69, 9.17) is 14.2 Å². The molecule has 160 valence electrons. The predicted molar refractivity (Wildman–Crippen MR) is 106 cm³/mol. The lowest BCUT2D eigenvalue weighted by molar-refractivity contribution is -0.385. The summed E-state index contributed by atoms with van der Waals surface area (Å²) in [6.07, 6.45) is 1.52. The summed E-state index contributed by atoms with van der Waals surface area (Å²) < 4.78 is 15.9. The van der Waals surface area contributed by atoms with Gasteiger partial charge in [0.15, 0.2) is 0 Å². The summed E-state index contributed by atoms with van der Waals surface area (Å²) in [5, 5.41) is 14.7. The van der Waals surface area contributed by atoms with E-state index >= 15 is 0 Å². The van der Waals surface area contributed by atoms with E-state index in [1.807, 2.05) is 0 Å². The summed E-state index contributed by atoms with van der Waals surface area (Å²) in [4.78, 5) is 36.8. The molecule has 0 radical (unpaired) electrons. The van der Waals surface area contributed by atoms with Crippen LogP contribution in [0.2, 0.25) is 0 Å². The number of nitro benzene ring substituents is 1. The van der Waals surface area contributed by atoms with Crippen LogP contribution in [-0.2, 0) is 23.8 Å². The van der Waals surface area contributed by atoms with Gasteiger partial charge in [0.1, 0.15) is 6.61 Å². The maximum Gasteiger partial charge on any atom is 0.336 e. The molecule has 2 heterocycles. The van der Waals surface area contributed by atoms with Crippen LogP contribution in [0.25, 0.3) is 0 Å². The molecule has 9 heteroatoms. The highest BCUT2D eigenvalue weighted by molar-refractivity contribution is 6.00. The van der Waals surface area contributed by atoms with Crippen molar-refractivity contribution >= 4 is 17.6 Å². The fourth-order valence-electron chi connectivity index (χ4n) is 3.88. The SMILES string of the molecule is COC(=O)C1=C(C)NC(C)=C(C(=O)OC[C@@H]2CCCO2)[C@H]1c1ccccc1[N+](=O)[O-]. The first-order valence-electron chi connectivity index (χ1n) is 9.64. The van der Waals surface area contributed by atoms with E-state index in [2.05, 4.69) is 5.32 Å². The third-order valence-corrected chi connectivity index (χ3v) is 5.25. The van der Waals surface area contributed by atoms with Crippen molar-refractivity contribution in [2.75, 3.05) is 20.3 Å². The van der Waals surface area contributed by atoms with E-state index in [-0.39, 0.29) is 35.1 Å². The van der Waals surface area contributed by atoms with Crippen molar-refractivity contribution in [3.63, 3.8) is 0 Å². The number of carbonyl (C=O) groups is 2. The molecule has 9 nitrogen and oxygen atoms in total. The quantitative estimate of drug-likeness (QED) is 0.427. The molecule has 0 bridgehead atoms. The highest BCUT2D eigenvalue weighted by atomic mass is 16.6. The summed E-state index contributed by atoms with van der Waals surface area (Å²) >= 11 is 0. The second kappa shape index (κ2) is 9.08. The van der Waals surface area contributed by atoms with Crippen molar-refractivity contribution in [3.05, 3.63) is 62.5 Å². The Morgan fingerprint density at radius 3 is 2.47 bits per heavy atom. The average Bonchev–Trinajstić information content (AvgIpc) is 3.24. The molecule has 1 saturated heterocycles. The van der Waals surface area contributed by atoms with Crippen LogP contribution in [0.3, 0.4) is 0 Å². The van der Waals surface area contributed by atoms with E-state index in [0.717, 1.165) is 12.8 Å². The monoisotopic (exact) mass is 416 g/mol. The van der Waals surface area contributed by atoms with E-state index in [1.54, 1.807) is 19.9 Å². The van der Waals surface area contributed by atoms with Crippen LogP contribution in [0.4, 0.5) is 5.69 Å². The summed E-state index contributed by atoms with van der Waals surface area (Å²) in [6, 6.07) is 6.03. The van der Waals surface area contributed by atoms with Crippen molar-refractivity contribution in [2.24, 2.45) is 0 Å². The van der Waals surface area contributed by atoms with Gasteiger partial charge in [-0.15, -0.1) is 0 Å². The van der Waals surface area contributed by atoms with Gasteiger partial charge in [0.2, 0.25) is 0 Å². The molecule has 0 spiro atoms. The first kappa shape index (κ1) is 21.5. The van der Waals surface area contributed by atoms with Gasteiger partial charge in [0.05, 0.1) is 35.2 Å². The number of rotatable bonds is 6. The zero-order valence-electron chi connectivity index (χ0n) is 17.1. The lowest BCUT2D eigenvalue weighted by Gasteiger charge is -2.30. The number of dihydropyridines is 1. The zero-order chi connectivity index (χ0) is 21.8. The number of hydrogen-bond acceptors (Lipinski definition) is 8. The number of nitrogens with zero attached hydrogens (tertiary/aromatic N) is 1. The maximum atomic E-state index is 13.1. The highest BCUT2D eigenvalue weighted by Gasteiger charge is 2.40. The topological polar surface area (TPSA) is 117 Å². The molecule has 0 unspecified atom stereocenters. The molecule has 2 atom stereocenters. The van der Waals surface area contributed by atoms with Crippen LogP contribution < -0.4 is 5.32 Å². The molecule has 3 rings (SSSR count). The molecule has 30 heavy (non-hydrogen) atoms. The van der Waals surface area contributed by atoms with Gasteiger partial charge < -0.3 is 19.5 Å². The predicted octanol–water partition coefficient (Wildman–Crippen LogP) is 2.72. The Balaban J connectivity index is 2.06. The zero-order valence-corrected chi connectivity index (χ0v) is 17.1. The Morgan fingerprint density at radius 2 is 1.87 bits per heavy atom. The van der Waals surface area contributed by atoms with Gasteiger partial charge in [-0.2, -0.15) is 0 Å². The largest absolute Gasteiger partial charge is 0.466 e. The number of hydrogen-bond donors (Lipinski definition) is 1. The van der Waals surface area contributed by atoms with Crippen molar-refractivity contribution in [2.45, 2.75) is 38.7 Å². The van der Waals surface area contributed by atoms with E-state index in [9.17, 15) is 19.7 Å². The third kappa shape index (κ3) is 4.20. The van der Waals surface area contributed by atoms with Gasteiger partial charge in [-0.3, -0.25) is 10.1 Å². The molecule has 2 aliphatic rings. The second-order valence-corrected chi connectivity index (χ2v) is 7.18. The molecular weight excluding hydrogens is 392 g/mol. The standard InChI is InChI=1S/C21H24N2O7/c1-12-17(20(24)28-3)19(15-8-4-5-9-16(15)23(26)27)18(13(2)22-12)21(25)30-11-14-7-6-10-29-14/h4-5,8-9,14,19,22H,6-7,10-11H2,1-3H3/t14-,19-/m0/s1. The van der Waals surface area contributed by atoms with E-state index in [0.29, 0.717) is 18.0 Å². The lowest BCUT2D eigenvalue weighted by Crippen LogP contribution is -2.33. The molecule has 1 aromatic carbocycles. The average molecular weight is 416 g/mol. The molecule has 1 fully saturated rings. The van der Waals surface area contributed by atoms with Gasteiger partial charge in [-0.1, -0.05) is 18.2 Å². The summed E-state index contributed by atoms with van der Waals surface area (Å²) in [5.74, 6) is -2.34. The number of methoxy groups -OCH3 is 1. The first-order chi connectivity index (χ1) is 14.3. The maximum absolute atomic E-state index is 13.1. The Morgan fingerprint density at radius 1 is 1.20 bits per heavy atom. The van der Waals surface area contributed by atoms with Crippen LogP contribution in [0.1, 0.15) is 38.2 Å². The van der Waals surface area contributed by atoms with Crippen LogP contribution in [-0.4, -0.2) is 43.3 Å². The number of benzene rings is 1. The van der Waals surface area contributed by atoms with Gasteiger partial charge >= 0.3 is 11.9 Å². The smallest absolute Gasteiger partial charge is 0.336 e. The van der Waals surface area contributed by atoms with Crippen molar-refractivity contribution in [1.82, 2.24) is 5.32 Å².